The van der Waals surface area contributed by atoms with Crippen molar-refractivity contribution in [1.29, 1.82) is 0 Å². The lowest BCUT2D eigenvalue weighted by atomic mass is 10.2. The number of carboxylic acids is 1. The van der Waals surface area contributed by atoms with E-state index in [0.717, 1.165) is 0 Å². The first-order valence-corrected chi connectivity index (χ1v) is 10.9. The number of carboxylic acid groups (broad SMARTS) is 1. The van der Waals surface area contributed by atoms with Crippen LogP contribution in [0.3, 0.4) is 0 Å². The third-order valence-electron chi connectivity index (χ3n) is 4.11. The molecule has 0 saturated heterocycles. The lowest BCUT2D eigenvalue weighted by molar-refractivity contribution is -0.147. The second-order valence-electron chi connectivity index (χ2n) is 7.02. The Kier molecular flexibility index (Phi) is 6.94. The van der Waals surface area contributed by atoms with E-state index in [-0.39, 0.29) is 28.7 Å². The van der Waals surface area contributed by atoms with Crippen molar-refractivity contribution in [3.05, 3.63) is 29.0 Å². The zero-order chi connectivity index (χ0) is 18.5. The van der Waals surface area contributed by atoms with Crippen LogP contribution in [0.1, 0.15) is 37.6 Å². The van der Waals surface area contributed by atoms with Crippen LogP contribution in [-0.4, -0.2) is 43.1 Å². The van der Waals surface area contributed by atoms with Gasteiger partial charge in [0.2, 0.25) is 6.10 Å². The lowest BCUT2D eigenvalue weighted by Gasteiger charge is -2.36. The van der Waals surface area contributed by atoms with Gasteiger partial charge in [-0.05, 0) is 24.2 Å². The maximum absolute atomic E-state index is 12.0. The number of ether oxygens (including phenoxy) is 1. The zero-order valence-electron chi connectivity index (χ0n) is 14.6. The molecule has 1 unspecified atom stereocenters. The number of pyridine rings is 1. The van der Waals surface area contributed by atoms with Gasteiger partial charge in [-0.15, -0.1) is 0 Å². The van der Waals surface area contributed by atoms with Gasteiger partial charge in [0.25, 0.3) is 0 Å². The maximum atomic E-state index is 12.0. The van der Waals surface area contributed by atoms with Crippen molar-refractivity contribution in [1.82, 2.24) is 4.98 Å². The van der Waals surface area contributed by atoms with Crippen LogP contribution in [0.2, 0.25) is 23.2 Å². The Hall–Kier alpha value is -1.44. The van der Waals surface area contributed by atoms with Gasteiger partial charge in [-0.3, -0.25) is 4.98 Å². The van der Waals surface area contributed by atoms with Crippen LogP contribution >= 0.6 is 11.6 Å². The minimum Gasteiger partial charge on any atom is -0.479 e. The van der Waals surface area contributed by atoms with Crippen LogP contribution in [-0.2, 0) is 14.0 Å². The first-order chi connectivity index (χ1) is 10.9. The van der Waals surface area contributed by atoms with E-state index in [1.807, 2.05) is 0 Å². The highest BCUT2D eigenvalue weighted by atomic mass is 35.5. The molecule has 0 bridgehead atoms. The fourth-order valence-corrected chi connectivity index (χ4v) is 2.83. The van der Waals surface area contributed by atoms with E-state index >= 15 is 0 Å². The number of carbonyl (C=O) groups excluding carboxylic acids is 1. The molecule has 8 heteroatoms. The van der Waals surface area contributed by atoms with Crippen LogP contribution in [0.25, 0.3) is 0 Å². The van der Waals surface area contributed by atoms with Crippen LogP contribution < -0.4 is 0 Å². The van der Waals surface area contributed by atoms with Crippen molar-refractivity contribution in [3.8, 4) is 0 Å². The van der Waals surface area contributed by atoms with Gasteiger partial charge < -0.3 is 14.3 Å². The summed E-state index contributed by atoms with van der Waals surface area (Å²) < 4.78 is 11.0. The predicted molar refractivity (Wildman–Crippen MR) is 93.9 cm³/mol. The van der Waals surface area contributed by atoms with E-state index < -0.39 is 26.4 Å². The molecule has 0 aliphatic heterocycles. The third-order valence-corrected chi connectivity index (χ3v) is 8.86. The lowest BCUT2D eigenvalue weighted by Crippen LogP contribution is -2.41. The highest BCUT2D eigenvalue weighted by Gasteiger charge is 2.37. The summed E-state index contributed by atoms with van der Waals surface area (Å²) in [6.07, 6.45) is 1.46. The van der Waals surface area contributed by atoms with Gasteiger partial charge in [0, 0.05) is 25.4 Å². The molecule has 24 heavy (non-hydrogen) atoms. The molecule has 1 rings (SSSR count). The molecule has 1 aromatic rings. The monoisotopic (exact) mass is 373 g/mol. The first-order valence-electron chi connectivity index (χ1n) is 7.62. The Balaban J connectivity index is 2.65. The van der Waals surface area contributed by atoms with Crippen molar-refractivity contribution < 1.29 is 23.9 Å². The summed E-state index contributed by atoms with van der Waals surface area (Å²) >= 11 is 5.76. The van der Waals surface area contributed by atoms with E-state index in [9.17, 15) is 14.7 Å². The molecule has 0 saturated carbocycles. The van der Waals surface area contributed by atoms with E-state index in [4.69, 9.17) is 20.8 Å². The SMILES string of the molecule is CC(C)(C)[Si](C)(C)OCCC(OC(=O)c1cncc(Cl)c1)C(=O)O. The minimum atomic E-state index is -1.98. The number of nitrogens with zero attached hydrogens (tertiary/aromatic N) is 1. The average molecular weight is 374 g/mol. The van der Waals surface area contributed by atoms with Crippen LogP contribution in [0, 0.1) is 0 Å². The molecular formula is C16H24ClNO5Si. The van der Waals surface area contributed by atoms with E-state index in [1.165, 1.54) is 18.5 Å². The van der Waals surface area contributed by atoms with Gasteiger partial charge in [-0.25, -0.2) is 9.59 Å². The fourth-order valence-electron chi connectivity index (χ4n) is 1.59. The quantitative estimate of drug-likeness (QED) is 0.578. The molecule has 0 spiro atoms. The molecular weight excluding hydrogens is 350 g/mol. The first kappa shape index (κ1) is 20.6. The largest absolute Gasteiger partial charge is 0.479 e. The number of esters is 1. The van der Waals surface area contributed by atoms with Crippen LogP contribution in [0.4, 0.5) is 0 Å². The molecule has 0 aromatic carbocycles. The Morgan fingerprint density at radius 3 is 2.46 bits per heavy atom. The van der Waals surface area contributed by atoms with E-state index in [2.05, 4.69) is 38.8 Å². The second-order valence-corrected chi connectivity index (χ2v) is 12.3. The smallest absolute Gasteiger partial charge is 0.345 e. The van der Waals surface area contributed by atoms with Gasteiger partial charge >= 0.3 is 11.9 Å². The highest BCUT2D eigenvalue weighted by molar-refractivity contribution is 6.74. The summed E-state index contributed by atoms with van der Waals surface area (Å²) in [5.41, 5.74) is 0.110. The van der Waals surface area contributed by atoms with Gasteiger partial charge in [0.05, 0.1) is 10.6 Å². The summed E-state index contributed by atoms with van der Waals surface area (Å²) in [4.78, 5) is 27.1. The second kappa shape index (κ2) is 8.09. The molecule has 1 heterocycles. The van der Waals surface area contributed by atoms with Gasteiger partial charge in [-0.2, -0.15) is 0 Å². The van der Waals surface area contributed by atoms with E-state index in [0.29, 0.717) is 0 Å². The standard InChI is InChI=1S/C16H24ClNO5Si/c1-16(2,3)24(4,5)22-7-6-13(14(19)20)23-15(21)11-8-12(17)10-18-9-11/h8-10,13H,6-7H2,1-5H3,(H,19,20). The van der Waals surface area contributed by atoms with Crippen LogP contribution in [0.15, 0.2) is 18.5 Å². The number of aliphatic carboxylic acids is 1. The highest BCUT2D eigenvalue weighted by Crippen LogP contribution is 2.36. The summed E-state index contributed by atoms with van der Waals surface area (Å²) in [5.74, 6) is -1.98. The van der Waals surface area contributed by atoms with Crippen molar-refractivity contribution >= 4 is 31.9 Å². The van der Waals surface area contributed by atoms with Gasteiger partial charge in [-0.1, -0.05) is 32.4 Å². The van der Waals surface area contributed by atoms with Crippen molar-refractivity contribution in [3.63, 3.8) is 0 Å². The summed E-state index contributed by atoms with van der Waals surface area (Å²) in [6.45, 7) is 10.7. The van der Waals surface area contributed by atoms with Gasteiger partial charge in [0.1, 0.15) is 0 Å². The van der Waals surface area contributed by atoms with Crippen molar-refractivity contribution in [2.45, 2.75) is 51.4 Å². The summed E-state index contributed by atoms with van der Waals surface area (Å²) in [5, 5.41) is 9.55. The summed E-state index contributed by atoms with van der Waals surface area (Å²) in [7, 11) is -1.98. The maximum Gasteiger partial charge on any atom is 0.345 e. The van der Waals surface area contributed by atoms with Gasteiger partial charge in [0.15, 0.2) is 8.32 Å². The number of aromatic nitrogens is 1. The molecule has 134 valence electrons. The van der Waals surface area contributed by atoms with Crippen LogP contribution in [0.5, 0.6) is 0 Å². The topological polar surface area (TPSA) is 85.7 Å². The molecule has 0 aliphatic rings. The minimum absolute atomic E-state index is 0.0227. The van der Waals surface area contributed by atoms with E-state index in [1.54, 1.807) is 0 Å². The Labute approximate surface area is 148 Å². The Morgan fingerprint density at radius 1 is 1.33 bits per heavy atom. The molecule has 0 radical (unpaired) electrons. The molecule has 0 fully saturated rings. The van der Waals surface area contributed by atoms with Crippen molar-refractivity contribution in [2.24, 2.45) is 0 Å². The fraction of sp³-hybridized carbons (Fsp3) is 0.562. The molecule has 1 aromatic heterocycles. The third kappa shape index (κ3) is 5.88. The predicted octanol–water partition coefficient (Wildman–Crippen LogP) is 3.76. The number of rotatable bonds is 7. The van der Waals surface area contributed by atoms with Crippen molar-refractivity contribution in [2.75, 3.05) is 6.61 Å². The number of halogens is 1. The Bertz CT molecular complexity index is 600. The molecule has 1 atom stereocenters. The average Bonchev–Trinajstić information content (AvgIpc) is 2.44. The summed E-state index contributed by atoms with van der Waals surface area (Å²) in [6, 6.07) is 1.38. The molecule has 0 aliphatic carbocycles. The number of carbonyl (C=O) groups is 2. The molecule has 6 nitrogen and oxygen atoms in total. The Morgan fingerprint density at radius 2 is 1.96 bits per heavy atom. The number of hydrogen-bond donors (Lipinski definition) is 1. The zero-order valence-corrected chi connectivity index (χ0v) is 16.4. The number of hydrogen-bond acceptors (Lipinski definition) is 5. The molecule has 0 amide bonds. The molecule has 1 N–H and O–H groups in total. The normalized spacial score (nSPS) is 13.4.